The third-order valence-corrected chi connectivity index (χ3v) is 4.05. The van der Waals surface area contributed by atoms with Crippen LogP contribution in [-0.2, 0) is 4.79 Å². The smallest absolute Gasteiger partial charge is 0.319 e. The van der Waals surface area contributed by atoms with Crippen LogP contribution in [0.1, 0.15) is 31.7 Å². The summed E-state index contributed by atoms with van der Waals surface area (Å²) in [5, 5.41) is 23.6. The van der Waals surface area contributed by atoms with Gasteiger partial charge in [-0.2, -0.15) is 5.26 Å². The quantitative estimate of drug-likeness (QED) is 0.793. The Hall–Kier alpha value is -2.55. The first kappa shape index (κ1) is 14.9. The summed E-state index contributed by atoms with van der Waals surface area (Å²) >= 11 is 0. The molecule has 0 aliphatic heterocycles. The minimum absolute atomic E-state index is 0.361. The van der Waals surface area contributed by atoms with Crippen molar-refractivity contribution in [2.24, 2.45) is 5.41 Å². The number of carboxylic acid groups (broad SMARTS) is 1. The maximum Gasteiger partial charge on any atom is 0.319 e. The van der Waals surface area contributed by atoms with Crippen LogP contribution in [0.3, 0.4) is 0 Å². The van der Waals surface area contributed by atoms with Gasteiger partial charge in [-0.25, -0.2) is 4.79 Å². The first-order valence-electron chi connectivity index (χ1n) is 6.77. The van der Waals surface area contributed by atoms with E-state index in [0.717, 1.165) is 6.42 Å². The standard InChI is InChI=1S/C15H17N3O3/c1-15(13(19)20)8-4-7-12(15)18-14(21)17-11-6-3-2-5-10(11)9-16/h2-3,5-6,12H,4,7-8H2,1H3,(H,19,20)(H2,17,18,21). The minimum Gasteiger partial charge on any atom is -0.481 e. The Morgan fingerprint density at radius 1 is 1.43 bits per heavy atom. The molecule has 6 heteroatoms. The summed E-state index contributed by atoms with van der Waals surface area (Å²) in [6.45, 7) is 1.65. The van der Waals surface area contributed by atoms with Crippen molar-refractivity contribution >= 4 is 17.7 Å². The summed E-state index contributed by atoms with van der Waals surface area (Å²) in [4.78, 5) is 23.4. The zero-order valence-corrected chi connectivity index (χ0v) is 11.7. The van der Waals surface area contributed by atoms with E-state index >= 15 is 0 Å². The van der Waals surface area contributed by atoms with Crippen molar-refractivity contribution in [1.29, 1.82) is 5.26 Å². The second kappa shape index (κ2) is 5.83. The van der Waals surface area contributed by atoms with Gasteiger partial charge in [0.25, 0.3) is 0 Å². The van der Waals surface area contributed by atoms with Gasteiger partial charge in [0.1, 0.15) is 6.07 Å². The van der Waals surface area contributed by atoms with Crippen LogP contribution in [0.15, 0.2) is 24.3 Å². The van der Waals surface area contributed by atoms with Gasteiger partial charge in [-0.15, -0.1) is 0 Å². The molecule has 3 N–H and O–H groups in total. The van der Waals surface area contributed by atoms with Crippen molar-refractivity contribution in [2.75, 3.05) is 5.32 Å². The molecule has 1 saturated carbocycles. The van der Waals surface area contributed by atoms with Crippen LogP contribution in [0.4, 0.5) is 10.5 Å². The van der Waals surface area contributed by atoms with E-state index < -0.39 is 23.5 Å². The highest BCUT2D eigenvalue weighted by Crippen LogP contribution is 2.38. The Labute approximate surface area is 122 Å². The summed E-state index contributed by atoms with van der Waals surface area (Å²) in [5.74, 6) is -0.900. The number of aliphatic carboxylic acids is 1. The fraction of sp³-hybridized carbons (Fsp3) is 0.400. The molecule has 2 unspecified atom stereocenters. The number of nitriles is 1. The Bertz CT molecular complexity index is 608. The lowest BCUT2D eigenvalue weighted by atomic mass is 9.85. The molecule has 2 amide bonds. The molecule has 110 valence electrons. The van der Waals surface area contributed by atoms with Gasteiger partial charge in [-0.05, 0) is 31.9 Å². The zero-order valence-electron chi connectivity index (χ0n) is 11.7. The normalized spacial score (nSPS) is 24.1. The number of carbonyl (C=O) groups is 2. The van der Waals surface area contributed by atoms with Crippen LogP contribution in [0.2, 0.25) is 0 Å². The van der Waals surface area contributed by atoms with E-state index in [-0.39, 0.29) is 0 Å². The summed E-state index contributed by atoms with van der Waals surface area (Å²) in [6.07, 6.45) is 1.95. The molecule has 0 bridgehead atoms. The summed E-state index contributed by atoms with van der Waals surface area (Å²) in [5.41, 5.74) is -0.167. The van der Waals surface area contributed by atoms with Crippen LogP contribution in [0, 0.1) is 16.7 Å². The molecule has 2 atom stereocenters. The maximum absolute atomic E-state index is 12.0. The molecule has 0 radical (unpaired) electrons. The fourth-order valence-corrected chi connectivity index (χ4v) is 2.66. The first-order valence-corrected chi connectivity index (χ1v) is 6.77. The lowest BCUT2D eigenvalue weighted by Crippen LogP contribution is -2.48. The molecule has 1 fully saturated rings. The SMILES string of the molecule is CC1(C(=O)O)CCCC1NC(=O)Nc1ccccc1C#N. The predicted molar refractivity (Wildman–Crippen MR) is 76.7 cm³/mol. The topological polar surface area (TPSA) is 102 Å². The third kappa shape index (κ3) is 2.97. The molecule has 1 aliphatic rings. The Kier molecular flexibility index (Phi) is 4.13. The van der Waals surface area contributed by atoms with Crippen molar-refractivity contribution < 1.29 is 14.7 Å². The molecule has 2 rings (SSSR count). The van der Waals surface area contributed by atoms with Crippen LogP contribution in [0.25, 0.3) is 0 Å². The molecular weight excluding hydrogens is 270 g/mol. The van der Waals surface area contributed by atoms with E-state index in [1.54, 1.807) is 31.2 Å². The van der Waals surface area contributed by atoms with Crippen LogP contribution in [-0.4, -0.2) is 23.1 Å². The average Bonchev–Trinajstić information content (AvgIpc) is 2.82. The zero-order chi connectivity index (χ0) is 15.5. The molecule has 6 nitrogen and oxygen atoms in total. The van der Waals surface area contributed by atoms with Crippen molar-refractivity contribution in [3.8, 4) is 6.07 Å². The number of carbonyl (C=O) groups excluding carboxylic acids is 1. The molecule has 0 saturated heterocycles. The van der Waals surface area contributed by atoms with Crippen molar-refractivity contribution in [3.05, 3.63) is 29.8 Å². The summed E-state index contributed by atoms with van der Waals surface area (Å²) in [7, 11) is 0. The minimum atomic E-state index is -0.938. The molecule has 0 aromatic heterocycles. The third-order valence-electron chi connectivity index (χ3n) is 4.05. The first-order chi connectivity index (χ1) is 9.97. The number of nitrogens with zero attached hydrogens (tertiary/aromatic N) is 1. The van der Waals surface area contributed by atoms with Gasteiger partial charge in [0, 0.05) is 6.04 Å². The lowest BCUT2D eigenvalue weighted by Gasteiger charge is -2.27. The Morgan fingerprint density at radius 3 is 2.81 bits per heavy atom. The van der Waals surface area contributed by atoms with E-state index in [1.807, 2.05) is 6.07 Å². The number of urea groups is 1. The van der Waals surface area contributed by atoms with Crippen LogP contribution >= 0.6 is 0 Å². The fourth-order valence-electron chi connectivity index (χ4n) is 2.66. The number of hydrogen-bond donors (Lipinski definition) is 3. The molecule has 1 aromatic rings. The number of benzene rings is 1. The number of para-hydroxylation sites is 1. The van der Waals surface area contributed by atoms with Crippen molar-refractivity contribution in [1.82, 2.24) is 5.32 Å². The van der Waals surface area contributed by atoms with E-state index in [1.165, 1.54) is 0 Å². The second-order valence-corrected chi connectivity index (χ2v) is 5.42. The molecule has 0 heterocycles. The average molecular weight is 287 g/mol. The lowest BCUT2D eigenvalue weighted by molar-refractivity contribution is -0.148. The molecule has 0 spiro atoms. The highest BCUT2D eigenvalue weighted by atomic mass is 16.4. The van der Waals surface area contributed by atoms with Crippen LogP contribution < -0.4 is 10.6 Å². The van der Waals surface area contributed by atoms with Gasteiger partial charge in [-0.1, -0.05) is 18.6 Å². The number of anilines is 1. The number of amides is 2. The van der Waals surface area contributed by atoms with Gasteiger partial charge < -0.3 is 15.7 Å². The van der Waals surface area contributed by atoms with Gasteiger partial charge in [0.05, 0.1) is 16.7 Å². The highest BCUT2D eigenvalue weighted by Gasteiger charge is 2.45. The van der Waals surface area contributed by atoms with Gasteiger partial charge in [0.15, 0.2) is 0 Å². The van der Waals surface area contributed by atoms with Gasteiger partial charge >= 0.3 is 12.0 Å². The predicted octanol–water partition coefficient (Wildman–Crippen LogP) is 2.32. The van der Waals surface area contributed by atoms with Gasteiger partial charge in [0.2, 0.25) is 0 Å². The van der Waals surface area contributed by atoms with E-state index in [9.17, 15) is 14.7 Å². The summed E-state index contributed by atoms with van der Waals surface area (Å²) in [6, 6.07) is 7.75. The highest BCUT2D eigenvalue weighted by molar-refractivity contribution is 5.91. The number of carboxylic acids is 1. The monoisotopic (exact) mass is 287 g/mol. The maximum atomic E-state index is 12.0. The largest absolute Gasteiger partial charge is 0.481 e. The molecule has 1 aliphatic carbocycles. The number of hydrogen-bond acceptors (Lipinski definition) is 3. The molecule has 21 heavy (non-hydrogen) atoms. The molecule has 1 aromatic carbocycles. The second-order valence-electron chi connectivity index (χ2n) is 5.42. The van der Waals surface area contributed by atoms with Crippen LogP contribution in [0.5, 0.6) is 0 Å². The van der Waals surface area contributed by atoms with Gasteiger partial charge in [-0.3, -0.25) is 4.79 Å². The van der Waals surface area contributed by atoms with Crippen molar-refractivity contribution in [3.63, 3.8) is 0 Å². The van der Waals surface area contributed by atoms with Crippen molar-refractivity contribution in [2.45, 2.75) is 32.2 Å². The summed E-state index contributed by atoms with van der Waals surface area (Å²) < 4.78 is 0. The Balaban J connectivity index is 2.06. The number of rotatable bonds is 3. The van der Waals surface area contributed by atoms with E-state index in [4.69, 9.17) is 5.26 Å². The van der Waals surface area contributed by atoms with E-state index in [0.29, 0.717) is 24.1 Å². The van der Waals surface area contributed by atoms with E-state index in [2.05, 4.69) is 10.6 Å². The Morgan fingerprint density at radius 2 is 2.14 bits per heavy atom. The number of nitrogens with one attached hydrogen (secondary N) is 2. The molecular formula is C15H17N3O3.